The third-order valence-corrected chi connectivity index (χ3v) is 3.44. The van der Waals surface area contributed by atoms with E-state index >= 15 is 0 Å². The molecule has 11 nitrogen and oxygen atoms in total. The summed E-state index contributed by atoms with van der Waals surface area (Å²) in [5.41, 5.74) is 5.33. The molecule has 0 spiro atoms. The summed E-state index contributed by atoms with van der Waals surface area (Å²) in [5, 5.41) is 43.1. The number of phenolic OH excluding ortho intramolecular Hbond substituents is 2. The van der Waals surface area contributed by atoms with E-state index in [1.807, 2.05) is 0 Å². The second-order valence-electron chi connectivity index (χ2n) is 6.98. The molecule has 6 N–H and O–H groups in total. The maximum absolute atomic E-state index is 11.4. The van der Waals surface area contributed by atoms with Crippen LogP contribution < -0.4 is 10.9 Å². The summed E-state index contributed by atoms with van der Waals surface area (Å²) in [6, 6.07) is 12.5. The first-order valence-electron chi connectivity index (χ1n) is 10.4. The number of para-hydroxylation sites is 2. The van der Waals surface area contributed by atoms with Crippen LogP contribution in [0.2, 0.25) is 0 Å². The van der Waals surface area contributed by atoms with Gasteiger partial charge in [0, 0.05) is 49.5 Å². The first kappa shape index (κ1) is 35.1. The van der Waals surface area contributed by atoms with Crippen LogP contribution in [0.5, 0.6) is 11.5 Å². The molecule has 2 aromatic carbocycles. The number of amides is 2. The summed E-state index contributed by atoms with van der Waals surface area (Å²) in [5.74, 6) is -0.00272. The number of hydrazone groups is 2. The SMILES string of the molecule is CC(=O)/C=C(/C)O.CC(=O)/C=C(/C)O.O=C(N/N=C/c1ccccc1O)N/N=C/c1ccccc1O.[Zr]. The number of allylic oxidation sites excluding steroid dienone is 4. The van der Waals surface area contributed by atoms with Gasteiger partial charge >= 0.3 is 6.03 Å². The average Bonchev–Trinajstić information content (AvgIpc) is 2.75. The van der Waals surface area contributed by atoms with Gasteiger partial charge in [0.25, 0.3) is 0 Å². The quantitative estimate of drug-likeness (QED) is 0.128. The van der Waals surface area contributed by atoms with Crippen LogP contribution in [0.25, 0.3) is 0 Å². The Balaban J connectivity index is 0. The van der Waals surface area contributed by atoms with Gasteiger partial charge in [0.1, 0.15) is 11.5 Å². The van der Waals surface area contributed by atoms with E-state index in [1.54, 1.807) is 36.4 Å². The normalized spacial score (nSPS) is 10.8. The number of benzene rings is 2. The second-order valence-corrected chi connectivity index (χ2v) is 6.98. The van der Waals surface area contributed by atoms with Crippen molar-refractivity contribution in [1.82, 2.24) is 10.9 Å². The number of nitrogens with zero attached hydrogens (tertiary/aromatic N) is 2. The van der Waals surface area contributed by atoms with E-state index in [0.717, 1.165) is 0 Å². The first-order chi connectivity index (χ1) is 16.9. The van der Waals surface area contributed by atoms with Gasteiger partial charge in [0.15, 0.2) is 11.6 Å². The summed E-state index contributed by atoms with van der Waals surface area (Å²) in [6.45, 7) is 5.70. The van der Waals surface area contributed by atoms with Gasteiger partial charge in [0.05, 0.1) is 23.9 Å². The van der Waals surface area contributed by atoms with E-state index in [1.165, 1.54) is 64.4 Å². The summed E-state index contributed by atoms with van der Waals surface area (Å²) >= 11 is 0. The van der Waals surface area contributed by atoms with E-state index < -0.39 is 6.03 Å². The number of rotatable bonds is 6. The Kier molecular flexibility index (Phi) is 19.1. The molecule has 0 radical (unpaired) electrons. The van der Waals surface area contributed by atoms with E-state index in [2.05, 4.69) is 21.1 Å². The zero-order chi connectivity index (χ0) is 27.5. The van der Waals surface area contributed by atoms with Crippen molar-refractivity contribution in [2.75, 3.05) is 0 Å². The van der Waals surface area contributed by atoms with Gasteiger partial charge in [-0.15, -0.1) is 0 Å². The van der Waals surface area contributed by atoms with Gasteiger partial charge in [-0.25, -0.2) is 15.6 Å². The number of urea groups is 1. The van der Waals surface area contributed by atoms with Crippen molar-refractivity contribution in [2.24, 2.45) is 10.2 Å². The van der Waals surface area contributed by atoms with Crippen LogP contribution in [0.15, 0.2) is 82.4 Å². The van der Waals surface area contributed by atoms with Crippen LogP contribution in [0.1, 0.15) is 38.8 Å². The molecular formula is C25H30N4O7Zr. The van der Waals surface area contributed by atoms with Gasteiger partial charge in [-0.3, -0.25) is 9.59 Å². The van der Waals surface area contributed by atoms with Crippen molar-refractivity contribution in [3.63, 3.8) is 0 Å². The number of hydrogen-bond donors (Lipinski definition) is 6. The van der Waals surface area contributed by atoms with Crippen molar-refractivity contribution >= 4 is 30.0 Å². The van der Waals surface area contributed by atoms with E-state index in [9.17, 15) is 24.6 Å². The number of aliphatic hydroxyl groups excluding tert-OH is 2. The van der Waals surface area contributed by atoms with Crippen molar-refractivity contribution in [3.8, 4) is 11.5 Å². The van der Waals surface area contributed by atoms with Crippen LogP contribution in [0.3, 0.4) is 0 Å². The van der Waals surface area contributed by atoms with Gasteiger partial charge in [0.2, 0.25) is 0 Å². The molecule has 0 fully saturated rings. The molecule has 0 atom stereocenters. The Bertz CT molecular complexity index is 1050. The minimum atomic E-state index is -0.654. The third-order valence-electron chi connectivity index (χ3n) is 3.44. The molecule has 0 aliphatic carbocycles. The molecule has 0 aliphatic rings. The maximum Gasteiger partial charge on any atom is 0.355 e. The van der Waals surface area contributed by atoms with Crippen molar-refractivity contribution in [1.29, 1.82) is 0 Å². The summed E-state index contributed by atoms with van der Waals surface area (Å²) < 4.78 is 0. The molecule has 37 heavy (non-hydrogen) atoms. The monoisotopic (exact) mass is 588 g/mol. The standard InChI is InChI=1S/C15H14N4O3.2C5H8O2.Zr/c20-13-7-3-1-5-11(13)9-16-18-15(22)19-17-10-12-6-2-4-8-14(12)21;2*1-4(6)3-5(2)7;/h1-10,20-21H,(H2,18,19,22);2*3,6H,1-2H3;/b16-9+,17-10+;2*4-3-;. The Hall–Kier alpha value is -4.05. The number of ketones is 2. The average molecular weight is 590 g/mol. The van der Waals surface area contributed by atoms with Crippen molar-refractivity contribution < 1.29 is 61.0 Å². The zero-order valence-corrected chi connectivity index (χ0v) is 23.3. The topological polar surface area (TPSA) is 181 Å². The number of carbonyl (C=O) groups excluding carboxylic acids is 3. The Morgan fingerprint density at radius 3 is 1.24 bits per heavy atom. The molecule has 0 aromatic heterocycles. The largest absolute Gasteiger partial charge is 0.512 e. The molecule has 0 bridgehead atoms. The summed E-state index contributed by atoms with van der Waals surface area (Å²) in [7, 11) is 0. The fraction of sp³-hybridized carbons (Fsp3) is 0.160. The molecule has 0 aliphatic heterocycles. The molecule has 196 valence electrons. The maximum atomic E-state index is 11.4. The number of hydrogen-bond acceptors (Lipinski definition) is 9. The number of aromatic hydroxyl groups is 2. The van der Waals surface area contributed by atoms with Crippen LogP contribution in [-0.4, -0.2) is 50.5 Å². The molecule has 2 rings (SSSR count). The fourth-order valence-electron chi connectivity index (χ4n) is 2.13. The smallest absolute Gasteiger partial charge is 0.355 e. The molecule has 0 unspecified atom stereocenters. The molecular weight excluding hydrogens is 560 g/mol. The summed E-state index contributed by atoms with van der Waals surface area (Å²) in [6.07, 6.45) is 4.95. The predicted octanol–water partition coefficient (Wildman–Crippen LogP) is 3.84. The molecule has 2 amide bonds. The van der Waals surface area contributed by atoms with Crippen LogP contribution in [0, 0.1) is 0 Å². The summed E-state index contributed by atoms with van der Waals surface area (Å²) in [4.78, 5) is 31.5. The molecule has 2 aromatic rings. The van der Waals surface area contributed by atoms with Crippen molar-refractivity contribution in [3.05, 3.63) is 83.3 Å². The van der Waals surface area contributed by atoms with E-state index in [4.69, 9.17) is 10.2 Å². The van der Waals surface area contributed by atoms with Crippen molar-refractivity contribution in [2.45, 2.75) is 27.7 Å². The van der Waals surface area contributed by atoms with E-state index in [-0.39, 0.29) is 60.8 Å². The van der Waals surface area contributed by atoms with Crippen LogP contribution >= 0.6 is 0 Å². The fourth-order valence-corrected chi connectivity index (χ4v) is 2.13. The Morgan fingerprint density at radius 1 is 0.676 bits per heavy atom. The second kappa shape index (κ2) is 20.2. The predicted molar refractivity (Wildman–Crippen MR) is 137 cm³/mol. The number of aliphatic hydroxyl groups is 2. The Morgan fingerprint density at radius 2 is 1.00 bits per heavy atom. The zero-order valence-electron chi connectivity index (χ0n) is 20.8. The van der Waals surface area contributed by atoms with Gasteiger partial charge in [-0.05, 0) is 52.0 Å². The Labute approximate surface area is 234 Å². The molecule has 0 saturated carbocycles. The van der Waals surface area contributed by atoms with Crippen LogP contribution in [-0.2, 0) is 35.8 Å². The third kappa shape index (κ3) is 19.9. The van der Waals surface area contributed by atoms with Crippen LogP contribution in [0.4, 0.5) is 4.79 Å². The van der Waals surface area contributed by atoms with Gasteiger partial charge in [-0.2, -0.15) is 10.2 Å². The molecule has 12 heteroatoms. The minimum absolute atomic E-state index is 0. The first-order valence-corrected chi connectivity index (χ1v) is 10.4. The number of carbonyl (C=O) groups is 3. The van der Waals surface area contributed by atoms with Gasteiger partial charge in [-0.1, -0.05) is 24.3 Å². The number of phenols is 2. The molecule has 0 saturated heterocycles. The number of nitrogens with one attached hydrogen (secondary N) is 2. The van der Waals surface area contributed by atoms with E-state index in [0.29, 0.717) is 11.1 Å². The minimum Gasteiger partial charge on any atom is -0.512 e. The van der Waals surface area contributed by atoms with Gasteiger partial charge < -0.3 is 20.4 Å². The molecule has 0 heterocycles.